The molecule has 5 nitrogen and oxygen atoms in total. The van der Waals surface area contributed by atoms with Gasteiger partial charge in [-0.25, -0.2) is 8.78 Å². The second kappa shape index (κ2) is 6.72. The summed E-state index contributed by atoms with van der Waals surface area (Å²) >= 11 is 0. The summed E-state index contributed by atoms with van der Waals surface area (Å²) in [5.41, 5.74) is -0.741. The quantitative estimate of drug-likeness (QED) is 0.683. The summed E-state index contributed by atoms with van der Waals surface area (Å²) in [7, 11) is 1.47. The molecule has 0 atom stereocenters. The number of aromatic nitrogens is 2. The van der Waals surface area contributed by atoms with Crippen LogP contribution in [-0.4, -0.2) is 16.2 Å². The van der Waals surface area contributed by atoms with Crippen LogP contribution in [0, 0.1) is 11.6 Å². The summed E-state index contributed by atoms with van der Waals surface area (Å²) in [6.07, 6.45) is 2.85. The first-order chi connectivity index (χ1) is 12.0. The smallest absolute Gasteiger partial charge is 0.321 e. The van der Waals surface area contributed by atoms with Gasteiger partial charge in [0, 0.05) is 12.4 Å². The van der Waals surface area contributed by atoms with Crippen molar-refractivity contribution in [2.45, 2.75) is 6.54 Å². The van der Waals surface area contributed by atoms with Gasteiger partial charge in [0.05, 0.1) is 19.3 Å². The Labute approximate surface area is 141 Å². The van der Waals surface area contributed by atoms with Crippen molar-refractivity contribution >= 4 is 0 Å². The lowest BCUT2D eigenvalue weighted by Gasteiger charge is -2.12. The largest absolute Gasteiger partial charge is 0.495 e. The number of ether oxygens (including phenoxy) is 1. The zero-order chi connectivity index (χ0) is 18.0. The molecule has 0 unspecified atom stereocenters. The summed E-state index contributed by atoms with van der Waals surface area (Å²) < 4.78 is 33.8. The molecule has 0 radical (unpaired) electrons. The third kappa shape index (κ3) is 3.21. The highest BCUT2D eigenvalue weighted by Crippen LogP contribution is 2.20. The molecule has 0 saturated carbocycles. The highest BCUT2D eigenvalue weighted by atomic mass is 19.2. The molecule has 7 heteroatoms. The van der Waals surface area contributed by atoms with E-state index < -0.39 is 22.8 Å². The van der Waals surface area contributed by atoms with Gasteiger partial charge in [-0.2, -0.15) is 0 Å². The fourth-order valence-corrected chi connectivity index (χ4v) is 2.49. The zero-order valence-electron chi connectivity index (χ0n) is 13.3. The minimum absolute atomic E-state index is 0.0436. The van der Waals surface area contributed by atoms with Crippen LogP contribution in [0.4, 0.5) is 8.78 Å². The number of rotatable bonds is 4. The Hall–Kier alpha value is -3.22. The van der Waals surface area contributed by atoms with Crippen molar-refractivity contribution in [2.24, 2.45) is 0 Å². The molecule has 0 fully saturated rings. The number of halogens is 2. The van der Waals surface area contributed by atoms with E-state index in [4.69, 9.17) is 4.74 Å². The van der Waals surface area contributed by atoms with Gasteiger partial charge in [0.15, 0.2) is 11.6 Å². The van der Waals surface area contributed by atoms with Gasteiger partial charge in [0.2, 0.25) is 0 Å². The van der Waals surface area contributed by atoms with Crippen molar-refractivity contribution in [1.82, 2.24) is 9.13 Å². The fourth-order valence-electron chi connectivity index (χ4n) is 2.49. The van der Waals surface area contributed by atoms with Gasteiger partial charge < -0.3 is 9.30 Å². The molecule has 0 N–H and O–H groups in total. The number of nitrogens with zero attached hydrogens (tertiary/aromatic N) is 2. The SMILES string of the molecule is COc1ccccc1-n1ccn(Cc2ccc(F)c(F)c2)c(=O)c1=O. The van der Waals surface area contributed by atoms with Gasteiger partial charge in [0.25, 0.3) is 0 Å². The number of para-hydroxylation sites is 2. The van der Waals surface area contributed by atoms with E-state index in [9.17, 15) is 18.4 Å². The van der Waals surface area contributed by atoms with E-state index in [1.165, 1.54) is 30.1 Å². The maximum atomic E-state index is 13.3. The lowest BCUT2D eigenvalue weighted by atomic mass is 10.2. The van der Waals surface area contributed by atoms with Crippen LogP contribution < -0.4 is 15.9 Å². The second-order valence-electron chi connectivity index (χ2n) is 5.33. The van der Waals surface area contributed by atoms with Crippen LogP contribution in [0.1, 0.15) is 5.56 Å². The Morgan fingerprint density at radius 2 is 1.72 bits per heavy atom. The van der Waals surface area contributed by atoms with E-state index in [1.807, 2.05) is 0 Å². The monoisotopic (exact) mass is 344 g/mol. The lowest BCUT2D eigenvalue weighted by molar-refractivity contribution is 0.412. The van der Waals surface area contributed by atoms with E-state index in [0.717, 1.165) is 16.7 Å². The zero-order valence-corrected chi connectivity index (χ0v) is 13.3. The van der Waals surface area contributed by atoms with E-state index >= 15 is 0 Å². The molecule has 0 aliphatic rings. The van der Waals surface area contributed by atoms with Gasteiger partial charge in [-0.15, -0.1) is 0 Å². The first-order valence-corrected chi connectivity index (χ1v) is 7.40. The maximum absolute atomic E-state index is 13.3. The van der Waals surface area contributed by atoms with Crippen LogP contribution in [0.25, 0.3) is 5.69 Å². The lowest BCUT2D eigenvalue weighted by Crippen LogP contribution is -2.40. The third-order valence-corrected chi connectivity index (χ3v) is 3.74. The summed E-state index contributed by atoms with van der Waals surface area (Å²) in [6, 6.07) is 10.1. The number of benzene rings is 2. The van der Waals surface area contributed by atoms with E-state index in [1.54, 1.807) is 24.3 Å². The normalized spacial score (nSPS) is 10.7. The van der Waals surface area contributed by atoms with E-state index in [-0.39, 0.29) is 6.54 Å². The molecule has 3 rings (SSSR count). The molecule has 0 bridgehead atoms. The van der Waals surface area contributed by atoms with Crippen molar-refractivity contribution in [3.8, 4) is 11.4 Å². The molecule has 1 aromatic heterocycles. The fraction of sp³-hybridized carbons (Fsp3) is 0.111. The highest BCUT2D eigenvalue weighted by molar-refractivity contribution is 5.46. The summed E-state index contributed by atoms with van der Waals surface area (Å²) in [4.78, 5) is 24.7. The molecular weight excluding hydrogens is 330 g/mol. The van der Waals surface area contributed by atoms with Crippen LogP contribution in [0.2, 0.25) is 0 Å². The molecule has 0 aliphatic heterocycles. The van der Waals surface area contributed by atoms with Crippen molar-refractivity contribution < 1.29 is 13.5 Å². The standard InChI is InChI=1S/C18H14F2N2O3/c1-25-16-5-3-2-4-15(16)22-9-8-21(17(23)18(22)24)11-12-6-7-13(19)14(20)10-12/h2-10H,11H2,1H3. The van der Waals surface area contributed by atoms with Crippen LogP contribution in [-0.2, 0) is 6.54 Å². The van der Waals surface area contributed by atoms with Gasteiger partial charge in [-0.05, 0) is 29.8 Å². The van der Waals surface area contributed by atoms with E-state index in [0.29, 0.717) is 17.0 Å². The van der Waals surface area contributed by atoms with Gasteiger partial charge >= 0.3 is 11.1 Å². The molecule has 2 aromatic carbocycles. The first kappa shape index (κ1) is 16.6. The molecule has 3 aromatic rings. The van der Waals surface area contributed by atoms with Crippen LogP contribution >= 0.6 is 0 Å². The number of methoxy groups -OCH3 is 1. The average Bonchev–Trinajstić information content (AvgIpc) is 2.62. The Morgan fingerprint density at radius 1 is 0.960 bits per heavy atom. The van der Waals surface area contributed by atoms with Crippen molar-refractivity contribution in [2.75, 3.05) is 7.11 Å². The Kier molecular flexibility index (Phi) is 4.47. The maximum Gasteiger partial charge on any atom is 0.321 e. The average molecular weight is 344 g/mol. The second-order valence-corrected chi connectivity index (χ2v) is 5.33. The Morgan fingerprint density at radius 3 is 2.44 bits per heavy atom. The summed E-state index contributed by atoms with van der Waals surface area (Å²) in [6.45, 7) is -0.0436. The van der Waals surface area contributed by atoms with Gasteiger partial charge in [-0.3, -0.25) is 14.2 Å². The molecule has 0 amide bonds. The van der Waals surface area contributed by atoms with Crippen LogP contribution in [0.5, 0.6) is 5.75 Å². The predicted octanol–water partition coefficient (Wildman–Crippen LogP) is 2.33. The molecule has 128 valence electrons. The van der Waals surface area contributed by atoms with Gasteiger partial charge in [0.1, 0.15) is 5.75 Å². The minimum Gasteiger partial charge on any atom is -0.495 e. The number of hydrogen-bond donors (Lipinski definition) is 0. The molecule has 0 spiro atoms. The molecule has 1 heterocycles. The Bertz CT molecular complexity index is 1040. The van der Waals surface area contributed by atoms with Gasteiger partial charge in [-0.1, -0.05) is 18.2 Å². The minimum atomic E-state index is -1.01. The molecule has 0 saturated heterocycles. The molecular formula is C18H14F2N2O3. The van der Waals surface area contributed by atoms with Crippen molar-refractivity contribution in [3.63, 3.8) is 0 Å². The summed E-state index contributed by atoms with van der Waals surface area (Å²) in [5.74, 6) is -1.53. The third-order valence-electron chi connectivity index (χ3n) is 3.74. The van der Waals surface area contributed by atoms with E-state index in [2.05, 4.69) is 0 Å². The first-order valence-electron chi connectivity index (χ1n) is 7.40. The molecule has 0 aliphatic carbocycles. The van der Waals surface area contributed by atoms with Crippen molar-refractivity contribution in [1.29, 1.82) is 0 Å². The van der Waals surface area contributed by atoms with Crippen LogP contribution in [0.15, 0.2) is 64.4 Å². The predicted molar refractivity (Wildman–Crippen MR) is 88.3 cm³/mol. The highest BCUT2D eigenvalue weighted by Gasteiger charge is 2.11. The molecule has 25 heavy (non-hydrogen) atoms. The topological polar surface area (TPSA) is 53.2 Å². The summed E-state index contributed by atoms with van der Waals surface area (Å²) in [5, 5.41) is 0. The van der Waals surface area contributed by atoms with Crippen molar-refractivity contribution in [3.05, 3.63) is 92.8 Å². The van der Waals surface area contributed by atoms with Crippen LogP contribution in [0.3, 0.4) is 0 Å². The number of hydrogen-bond acceptors (Lipinski definition) is 3. The Balaban J connectivity index is 2.02.